The van der Waals surface area contributed by atoms with Crippen LogP contribution in [0.3, 0.4) is 0 Å². The molecule has 0 heterocycles. The third kappa shape index (κ3) is 8.12. The zero-order valence-electron chi connectivity index (χ0n) is 12.8. The highest BCUT2D eigenvalue weighted by Gasteiger charge is 2.25. The molecule has 1 fully saturated rings. The van der Waals surface area contributed by atoms with Gasteiger partial charge in [-0.25, -0.2) is 9.59 Å². The van der Waals surface area contributed by atoms with E-state index in [-0.39, 0.29) is 24.8 Å². The van der Waals surface area contributed by atoms with Crippen molar-refractivity contribution in [2.75, 3.05) is 12.7 Å². The summed E-state index contributed by atoms with van der Waals surface area (Å²) in [5, 5.41) is 2.86. The molecule has 0 aromatic heterocycles. The molecule has 0 radical (unpaired) electrons. The van der Waals surface area contributed by atoms with E-state index in [9.17, 15) is 9.59 Å². The van der Waals surface area contributed by atoms with Crippen molar-refractivity contribution in [2.24, 2.45) is 0 Å². The van der Waals surface area contributed by atoms with Crippen LogP contribution in [0.4, 0.5) is 4.79 Å². The number of hydrogen-bond donors (Lipinski definition) is 1. The first-order valence-corrected chi connectivity index (χ1v) is 7.66. The maximum atomic E-state index is 11.7. The summed E-state index contributed by atoms with van der Waals surface area (Å²) in [6.45, 7) is 5.41. The molecule has 0 unspecified atom stereocenters. The molecular formula is C14H24ClNO5. The van der Waals surface area contributed by atoms with Gasteiger partial charge in [0.15, 0.2) is 6.07 Å². The second kappa shape index (κ2) is 8.44. The monoisotopic (exact) mass is 321 g/mol. The molecule has 0 aromatic carbocycles. The summed E-state index contributed by atoms with van der Waals surface area (Å²) in [7, 11) is 0. The first-order chi connectivity index (χ1) is 9.80. The molecule has 0 aromatic rings. The van der Waals surface area contributed by atoms with Crippen LogP contribution in [0.5, 0.6) is 0 Å². The van der Waals surface area contributed by atoms with E-state index in [4.69, 9.17) is 21.1 Å². The molecule has 1 aliphatic carbocycles. The minimum absolute atomic E-state index is 0.0181. The summed E-state index contributed by atoms with van der Waals surface area (Å²) in [6.07, 6.45) is 2.80. The zero-order valence-corrected chi connectivity index (χ0v) is 13.6. The number of carbonyl (C=O) groups excluding carboxylic acids is 2. The molecule has 0 spiro atoms. The molecule has 7 heteroatoms. The summed E-state index contributed by atoms with van der Waals surface area (Å²) in [5.41, 5.74) is -0.493. The van der Waals surface area contributed by atoms with Crippen molar-refractivity contribution >= 4 is 23.7 Å². The average Bonchev–Trinajstić information content (AvgIpc) is 2.36. The number of carbonyl (C=O) groups is 2. The van der Waals surface area contributed by atoms with E-state index in [1.807, 2.05) is 20.8 Å². The van der Waals surface area contributed by atoms with Gasteiger partial charge < -0.3 is 19.5 Å². The van der Waals surface area contributed by atoms with Gasteiger partial charge in [-0.15, -0.1) is 0 Å². The molecule has 1 rings (SSSR count). The lowest BCUT2D eigenvalue weighted by atomic mass is 9.93. The Bertz CT molecular complexity index is 348. The normalized spacial score (nSPS) is 22.5. The Morgan fingerprint density at radius 3 is 2.33 bits per heavy atom. The van der Waals surface area contributed by atoms with Gasteiger partial charge in [-0.1, -0.05) is 11.6 Å². The van der Waals surface area contributed by atoms with Gasteiger partial charge in [-0.2, -0.15) is 0 Å². The van der Waals surface area contributed by atoms with Crippen LogP contribution in [0.15, 0.2) is 0 Å². The smallest absolute Gasteiger partial charge is 0.407 e. The van der Waals surface area contributed by atoms with E-state index in [1.165, 1.54) is 0 Å². The fourth-order valence-corrected chi connectivity index (χ4v) is 2.26. The van der Waals surface area contributed by atoms with Crippen LogP contribution in [0.25, 0.3) is 0 Å². The van der Waals surface area contributed by atoms with E-state index in [2.05, 4.69) is 10.1 Å². The predicted molar refractivity (Wildman–Crippen MR) is 78.2 cm³/mol. The Kier molecular flexibility index (Phi) is 7.25. The molecule has 0 bridgehead atoms. The molecule has 1 saturated carbocycles. The van der Waals surface area contributed by atoms with Crippen molar-refractivity contribution in [2.45, 2.75) is 64.2 Å². The third-order valence-electron chi connectivity index (χ3n) is 3.05. The van der Waals surface area contributed by atoms with E-state index in [1.54, 1.807) is 0 Å². The Morgan fingerprint density at radius 2 is 1.81 bits per heavy atom. The molecule has 6 nitrogen and oxygen atoms in total. The van der Waals surface area contributed by atoms with Crippen molar-refractivity contribution in [1.29, 1.82) is 0 Å². The second-order valence-electron chi connectivity index (χ2n) is 6.06. The SMILES string of the molecule is CC(C)(C)OC(=O)NC1CCC(OCC(=O)OCCl)CC1. The van der Waals surface area contributed by atoms with Crippen LogP contribution in [0.2, 0.25) is 0 Å². The maximum Gasteiger partial charge on any atom is 0.407 e. The topological polar surface area (TPSA) is 73.9 Å². The highest BCUT2D eigenvalue weighted by atomic mass is 35.5. The Labute approximate surface area is 130 Å². The van der Waals surface area contributed by atoms with Gasteiger partial charge in [0.1, 0.15) is 12.2 Å². The number of alkyl carbamates (subject to hydrolysis) is 1. The van der Waals surface area contributed by atoms with Crippen molar-refractivity contribution < 1.29 is 23.8 Å². The fraction of sp³-hybridized carbons (Fsp3) is 0.857. The lowest BCUT2D eigenvalue weighted by Crippen LogP contribution is -2.42. The summed E-state index contributed by atoms with van der Waals surface area (Å²) in [4.78, 5) is 22.8. The average molecular weight is 322 g/mol. The Hall–Kier alpha value is -1.01. The zero-order chi connectivity index (χ0) is 15.9. The van der Waals surface area contributed by atoms with Gasteiger partial charge in [0.2, 0.25) is 0 Å². The molecule has 1 amide bonds. The number of nitrogens with one attached hydrogen (secondary N) is 1. The number of esters is 1. The minimum atomic E-state index is -0.493. The van der Waals surface area contributed by atoms with Gasteiger partial charge in [0, 0.05) is 6.04 Å². The lowest BCUT2D eigenvalue weighted by molar-refractivity contribution is -0.149. The van der Waals surface area contributed by atoms with Crippen molar-refractivity contribution in [1.82, 2.24) is 5.32 Å². The Balaban J connectivity index is 2.20. The van der Waals surface area contributed by atoms with Crippen LogP contribution < -0.4 is 5.32 Å². The molecular weight excluding hydrogens is 298 g/mol. The highest BCUT2D eigenvalue weighted by Crippen LogP contribution is 2.21. The largest absolute Gasteiger partial charge is 0.448 e. The third-order valence-corrected chi connectivity index (χ3v) is 3.16. The fourth-order valence-electron chi connectivity index (χ4n) is 2.14. The van der Waals surface area contributed by atoms with E-state index in [0.29, 0.717) is 0 Å². The lowest BCUT2D eigenvalue weighted by Gasteiger charge is -2.29. The molecule has 1 N–H and O–H groups in total. The van der Waals surface area contributed by atoms with Gasteiger partial charge in [-0.05, 0) is 46.5 Å². The van der Waals surface area contributed by atoms with Crippen molar-refractivity contribution in [3.63, 3.8) is 0 Å². The molecule has 0 atom stereocenters. The Morgan fingerprint density at radius 1 is 1.19 bits per heavy atom. The van der Waals surface area contributed by atoms with Crippen LogP contribution in [0, 0.1) is 0 Å². The van der Waals surface area contributed by atoms with Crippen LogP contribution in [-0.2, 0) is 19.0 Å². The number of ether oxygens (including phenoxy) is 3. The number of amides is 1. The number of rotatable bonds is 5. The van der Waals surface area contributed by atoms with Gasteiger partial charge >= 0.3 is 12.1 Å². The van der Waals surface area contributed by atoms with Gasteiger partial charge in [0.25, 0.3) is 0 Å². The van der Waals surface area contributed by atoms with Crippen LogP contribution >= 0.6 is 11.6 Å². The van der Waals surface area contributed by atoms with E-state index < -0.39 is 17.7 Å². The van der Waals surface area contributed by atoms with Gasteiger partial charge in [0.05, 0.1) is 6.10 Å². The molecule has 21 heavy (non-hydrogen) atoms. The quantitative estimate of drug-likeness (QED) is 0.622. The highest BCUT2D eigenvalue weighted by molar-refractivity contribution is 6.17. The maximum absolute atomic E-state index is 11.7. The second-order valence-corrected chi connectivity index (χ2v) is 6.27. The number of halogens is 1. The van der Waals surface area contributed by atoms with Crippen LogP contribution in [-0.4, -0.2) is 42.5 Å². The van der Waals surface area contributed by atoms with Crippen molar-refractivity contribution in [3.8, 4) is 0 Å². The van der Waals surface area contributed by atoms with Crippen LogP contribution in [0.1, 0.15) is 46.5 Å². The standard InChI is InChI=1S/C14H24ClNO5/c1-14(2,3)21-13(18)16-10-4-6-11(7-5-10)19-8-12(17)20-9-15/h10-11H,4-9H2,1-3H3,(H,16,18). The summed E-state index contributed by atoms with van der Waals surface area (Å²) in [6, 6.07) is -0.0659. The van der Waals surface area contributed by atoms with E-state index in [0.717, 1.165) is 25.7 Å². The minimum Gasteiger partial charge on any atom is -0.448 e. The summed E-state index contributed by atoms with van der Waals surface area (Å²) < 4.78 is 15.3. The van der Waals surface area contributed by atoms with Gasteiger partial charge in [-0.3, -0.25) is 0 Å². The van der Waals surface area contributed by atoms with Crippen molar-refractivity contribution in [3.05, 3.63) is 0 Å². The first kappa shape index (κ1) is 18.0. The molecule has 0 saturated heterocycles. The van der Waals surface area contributed by atoms with E-state index >= 15 is 0 Å². The summed E-state index contributed by atoms with van der Waals surface area (Å²) >= 11 is 5.28. The number of alkyl halides is 1. The molecule has 0 aliphatic heterocycles. The molecule has 122 valence electrons. The summed E-state index contributed by atoms with van der Waals surface area (Å²) in [5.74, 6) is -0.459. The number of hydrogen-bond acceptors (Lipinski definition) is 5. The first-order valence-electron chi connectivity index (χ1n) is 7.13. The predicted octanol–water partition coefficient (Wildman–Crippen LogP) is 2.58. The molecule has 1 aliphatic rings.